The Morgan fingerprint density at radius 2 is 1.30 bits per heavy atom. The van der Waals surface area contributed by atoms with Crippen molar-refractivity contribution in [2.24, 2.45) is 0 Å². The lowest BCUT2D eigenvalue weighted by atomic mass is 10.1. The molecular weight excluding hydrogens is 279 g/mol. The quantitative estimate of drug-likeness (QED) is 0.359. The summed E-state index contributed by atoms with van der Waals surface area (Å²) in [6, 6.07) is 0. The summed E-state index contributed by atoms with van der Waals surface area (Å²) in [5.41, 5.74) is 0. The second-order valence-corrected chi connectivity index (χ2v) is 4.96. The highest BCUT2D eigenvalue weighted by Gasteiger charge is 2.61. The fraction of sp³-hybridized carbons (Fsp3) is 0.929. The minimum absolute atomic E-state index is 0.0638. The molecular formula is C14H24F5O. The third kappa shape index (κ3) is 7.41. The van der Waals surface area contributed by atoms with Crippen molar-refractivity contribution in [1.29, 1.82) is 0 Å². The minimum atomic E-state index is -5.56. The standard InChI is InChI=1S/C14H24F5O/c1-3-4-5-6-7-8-9-10-11-20-12(2)13(15,16)14(17,18)19/h12H,1,3-11H2,2H3. The van der Waals surface area contributed by atoms with Crippen LogP contribution in [0.2, 0.25) is 0 Å². The first-order valence-electron chi connectivity index (χ1n) is 7.09. The molecule has 0 aromatic rings. The van der Waals surface area contributed by atoms with Crippen molar-refractivity contribution >= 4 is 0 Å². The lowest BCUT2D eigenvalue weighted by Crippen LogP contribution is -2.46. The van der Waals surface area contributed by atoms with Crippen LogP contribution in [-0.2, 0) is 4.74 Å². The summed E-state index contributed by atoms with van der Waals surface area (Å²) < 4.78 is 66.3. The van der Waals surface area contributed by atoms with E-state index < -0.39 is 18.2 Å². The van der Waals surface area contributed by atoms with E-state index in [-0.39, 0.29) is 6.61 Å². The summed E-state index contributed by atoms with van der Waals surface area (Å²) >= 11 is 0. The molecule has 0 aliphatic carbocycles. The summed E-state index contributed by atoms with van der Waals surface area (Å²) in [6.07, 6.45) is -0.124. The van der Waals surface area contributed by atoms with Crippen molar-refractivity contribution in [3.63, 3.8) is 0 Å². The molecule has 1 nitrogen and oxygen atoms in total. The van der Waals surface area contributed by atoms with Crippen LogP contribution >= 0.6 is 0 Å². The largest absolute Gasteiger partial charge is 0.456 e. The fourth-order valence-corrected chi connectivity index (χ4v) is 1.76. The van der Waals surface area contributed by atoms with E-state index >= 15 is 0 Å². The van der Waals surface area contributed by atoms with Gasteiger partial charge in [-0.05, 0) is 13.3 Å². The number of unbranched alkanes of at least 4 members (excludes halogenated alkanes) is 7. The average molecular weight is 303 g/mol. The molecule has 0 heterocycles. The molecule has 0 spiro atoms. The van der Waals surface area contributed by atoms with Crippen LogP contribution < -0.4 is 0 Å². The molecule has 0 amide bonds. The molecule has 0 rings (SSSR count). The first-order valence-corrected chi connectivity index (χ1v) is 7.09. The van der Waals surface area contributed by atoms with Gasteiger partial charge in [-0.1, -0.05) is 51.9 Å². The third-order valence-corrected chi connectivity index (χ3v) is 3.15. The molecule has 0 saturated heterocycles. The summed E-state index contributed by atoms with van der Waals surface area (Å²) in [7, 11) is 0. The van der Waals surface area contributed by atoms with Gasteiger partial charge in [-0.3, -0.25) is 0 Å². The highest BCUT2D eigenvalue weighted by molar-refractivity contribution is 4.82. The fourth-order valence-electron chi connectivity index (χ4n) is 1.76. The molecule has 0 fully saturated rings. The lowest BCUT2D eigenvalue weighted by molar-refractivity contribution is -0.315. The molecule has 6 heteroatoms. The maximum Gasteiger partial charge on any atom is 0.456 e. The van der Waals surface area contributed by atoms with Gasteiger partial charge >= 0.3 is 12.1 Å². The van der Waals surface area contributed by atoms with E-state index in [0.717, 1.165) is 51.9 Å². The molecule has 20 heavy (non-hydrogen) atoms. The lowest BCUT2D eigenvalue weighted by Gasteiger charge is -2.25. The highest BCUT2D eigenvalue weighted by atomic mass is 19.4. The van der Waals surface area contributed by atoms with Crippen molar-refractivity contribution in [1.82, 2.24) is 0 Å². The summed E-state index contributed by atoms with van der Waals surface area (Å²) in [5.74, 6) is -4.79. The number of halogens is 5. The van der Waals surface area contributed by atoms with Gasteiger partial charge in [-0.15, -0.1) is 0 Å². The second-order valence-electron chi connectivity index (χ2n) is 4.96. The minimum Gasteiger partial charge on any atom is -0.372 e. The van der Waals surface area contributed by atoms with Crippen molar-refractivity contribution in [3.05, 3.63) is 6.92 Å². The van der Waals surface area contributed by atoms with Gasteiger partial charge in [0.25, 0.3) is 0 Å². The maximum atomic E-state index is 12.8. The number of rotatable bonds is 11. The summed E-state index contributed by atoms with van der Waals surface area (Å²) in [6.45, 7) is 4.43. The molecule has 0 aliphatic rings. The topological polar surface area (TPSA) is 9.23 Å². The zero-order valence-electron chi connectivity index (χ0n) is 11.9. The van der Waals surface area contributed by atoms with Gasteiger partial charge in [-0.25, -0.2) is 0 Å². The first-order chi connectivity index (χ1) is 9.23. The molecule has 0 N–H and O–H groups in total. The Morgan fingerprint density at radius 3 is 1.75 bits per heavy atom. The first kappa shape index (κ1) is 19.6. The maximum absolute atomic E-state index is 12.8. The Hall–Kier alpha value is -0.390. The van der Waals surface area contributed by atoms with Gasteiger partial charge in [0.05, 0.1) is 0 Å². The van der Waals surface area contributed by atoms with Gasteiger partial charge in [0, 0.05) is 6.61 Å². The van der Waals surface area contributed by atoms with Crippen molar-refractivity contribution in [2.75, 3.05) is 6.61 Å². The predicted molar refractivity (Wildman–Crippen MR) is 68.7 cm³/mol. The zero-order chi connectivity index (χ0) is 15.6. The summed E-state index contributed by atoms with van der Waals surface area (Å²) in [5, 5.41) is 0. The van der Waals surface area contributed by atoms with Crippen LogP contribution in [0.15, 0.2) is 0 Å². The summed E-state index contributed by atoms with van der Waals surface area (Å²) in [4.78, 5) is 0. The zero-order valence-corrected chi connectivity index (χ0v) is 11.9. The van der Waals surface area contributed by atoms with Gasteiger partial charge in [0.2, 0.25) is 0 Å². The molecule has 1 unspecified atom stereocenters. The molecule has 121 valence electrons. The van der Waals surface area contributed by atoms with E-state index in [1.165, 1.54) is 0 Å². The smallest absolute Gasteiger partial charge is 0.372 e. The molecule has 1 radical (unpaired) electrons. The predicted octanol–water partition coefficient (Wildman–Crippen LogP) is 5.54. The van der Waals surface area contributed by atoms with Crippen molar-refractivity contribution in [2.45, 2.75) is 76.5 Å². The van der Waals surface area contributed by atoms with Gasteiger partial charge in [-0.2, -0.15) is 22.0 Å². The van der Waals surface area contributed by atoms with E-state index in [1.807, 2.05) is 0 Å². The molecule has 1 atom stereocenters. The van der Waals surface area contributed by atoms with Crippen LogP contribution in [0.5, 0.6) is 0 Å². The Balaban J connectivity index is 3.60. The normalized spacial score (nSPS) is 14.6. The average Bonchev–Trinajstić information content (AvgIpc) is 2.35. The molecule has 0 bridgehead atoms. The van der Waals surface area contributed by atoms with E-state index in [2.05, 4.69) is 11.7 Å². The third-order valence-electron chi connectivity index (χ3n) is 3.15. The van der Waals surface area contributed by atoms with Crippen molar-refractivity contribution in [3.8, 4) is 0 Å². The van der Waals surface area contributed by atoms with E-state index in [1.54, 1.807) is 0 Å². The number of hydrogen-bond donors (Lipinski definition) is 0. The van der Waals surface area contributed by atoms with E-state index in [9.17, 15) is 22.0 Å². The Kier molecular flexibility index (Phi) is 9.34. The Morgan fingerprint density at radius 1 is 0.850 bits per heavy atom. The van der Waals surface area contributed by atoms with Crippen LogP contribution in [-0.4, -0.2) is 24.8 Å². The van der Waals surface area contributed by atoms with Gasteiger partial charge in [0.1, 0.15) is 6.10 Å². The monoisotopic (exact) mass is 303 g/mol. The SMILES string of the molecule is [CH2]CCCCCCCCCOC(C)C(F)(F)C(F)(F)F. The van der Waals surface area contributed by atoms with Crippen LogP contribution in [0.25, 0.3) is 0 Å². The molecule has 0 aliphatic heterocycles. The van der Waals surface area contributed by atoms with E-state index in [0.29, 0.717) is 6.42 Å². The van der Waals surface area contributed by atoms with Gasteiger partial charge in [0.15, 0.2) is 0 Å². The highest BCUT2D eigenvalue weighted by Crippen LogP contribution is 2.39. The van der Waals surface area contributed by atoms with Crippen LogP contribution in [0.1, 0.15) is 58.3 Å². The van der Waals surface area contributed by atoms with Crippen molar-refractivity contribution < 1.29 is 26.7 Å². The van der Waals surface area contributed by atoms with E-state index in [4.69, 9.17) is 0 Å². The number of alkyl halides is 5. The van der Waals surface area contributed by atoms with Crippen LogP contribution in [0.3, 0.4) is 0 Å². The van der Waals surface area contributed by atoms with Crippen LogP contribution in [0, 0.1) is 6.92 Å². The van der Waals surface area contributed by atoms with Crippen LogP contribution in [0.4, 0.5) is 22.0 Å². The molecule has 0 aromatic heterocycles. The number of ether oxygens (including phenoxy) is 1. The second kappa shape index (κ2) is 9.53. The van der Waals surface area contributed by atoms with Gasteiger partial charge < -0.3 is 4.74 Å². The molecule has 0 aromatic carbocycles. The Bertz CT molecular complexity index is 240. The Labute approximate surface area is 117 Å². The molecule has 0 saturated carbocycles. The number of hydrogen-bond acceptors (Lipinski definition) is 1.